The molecule has 1 aliphatic rings. The Kier molecular flexibility index (Phi) is 4.51. The van der Waals surface area contributed by atoms with E-state index in [1.807, 2.05) is 24.3 Å². The number of carbonyl (C=O) groups is 1. The van der Waals surface area contributed by atoms with Crippen LogP contribution in [0.1, 0.15) is 24.8 Å². The van der Waals surface area contributed by atoms with Gasteiger partial charge < -0.3 is 10.1 Å². The molecule has 0 aliphatic heterocycles. The second kappa shape index (κ2) is 6.42. The highest BCUT2D eigenvalue weighted by atomic mass is 35.5. The number of anilines is 1. The van der Waals surface area contributed by atoms with Crippen LogP contribution >= 0.6 is 23.2 Å². The first-order valence-corrected chi connectivity index (χ1v) is 8.22. The first kappa shape index (κ1) is 16.2. The summed E-state index contributed by atoms with van der Waals surface area (Å²) >= 11 is 12.0. The number of ether oxygens (including phenoxy) is 1. The maximum absolute atomic E-state index is 13.0. The molecule has 1 N–H and O–H groups in total. The fraction of sp³-hybridized carbons (Fsp3) is 0.278. The van der Waals surface area contributed by atoms with Crippen molar-refractivity contribution in [1.29, 1.82) is 0 Å². The molecule has 23 heavy (non-hydrogen) atoms. The fourth-order valence-electron chi connectivity index (χ4n) is 3.07. The number of hydrogen-bond donors (Lipinski definition) is 1. The van der Waals surface area contributed by atoms with Crippen molar-refractivity contribution >= 4 is 34.8 Å². The van der Waals surface area contributed by atoms with E-state index in [9.17, 15) is 4.79 Å². The Bertz CT molecular complexity index is 721. The zero-order chi connectivity index (χ0) is 16.4. The minimum Gasteiger partial charge on any atom is -0.496 e. The van der Waals surface area contributed by atoms with Crippen molar-refractivity contribution in [2.75, 3.05) is 12.4 Å². The molecule has 0 atom stereocenters. The summed E-state index contributed by atoms with van der Waals surface area (Å²) in [5, 5.41) is 3.94. The molecular formula is C18H17Cl2NO2. The Balaban J connectivity index is 1.92. The van der Waals surface area contributed by atoms with Gasteiger partial charge in [0.2, 0.25) is 5.91 Å². The van der Waals surface area contributed by atoms with E-state index in [2.05, 4.69) is 5.32 Å². The third-order valence-electron chi connectivity index (χ3n) is 4.38. The normalized spacial score (nSPS) is 15.6. The zero-order valence-corrected chi connectivity index (χ0v) is 14.2. The number of halogens is 2. The Morgan fingerprint density at radius 1 is 1.13 bits per heavy atom. The molecule has 0 saturated heterocycles. The molecule has 0 heterocycles. The highest BCUT2D eigenvalue weighted by Gasteiger charge is 2.47. The number of carbonyl (C=O) groups excluding carboxylic acids is 1. The molecule has 2 aromatic rings. The van der Waals surface area contributed by atoms with E-state index in [1.165, 1.54) is 0 Å². The van der Waals surface area contributed by atoms with E-state index in [-0.39, 0.29) is 5.91 Å². The Hall–Kier alpha value is -1.71. The first-order chi connectivity index (χ1) is 11.0. The first-order valence-electron chi connectivity index (χ1n) is 7.46. The molecule has 5 heteroatoms. The predicted octanol–water partition coefficient (Wildman–Crippen LogP) is 5.06. The number of nitrogens with one attached hydrogen (secondary N) is 1. The lowest BCUT2D eigenvalue weighted by Gasteiger charge is -2.41. The summed E-state index contributed by atoms with van der Waals surface area (Å²) in [6.07, 6.45) is 2.61. The standard InChI is InChI=1S/C18H17Cl2NO2/c1-23-16-6-3-2-5-15(16)18(7-4-8-18)17(22)21-14-10-12(19)9-13(20)11-14/h2-3,5-6,9-11H,4,7-8H2,1H3,(H,21,22). The molecule has 1 saturated carbocycles. The van der Waals surface area contributed by atoms with Crippen LogP contribution in [0.3, 0.4) is 0 Å². The monoisotopic (exact) mass is 349 g/mol. The number of hydrogen-bond acceptors (Lipinski definition) is 2. The summed E-state index contributed by atoms with van der Waals surface area (Å²) < 4.78 is 5.44. The average Bonchev–Trinajstić information content (AvgIpc) is 2.45. The summed E-state index contributed by atoms with van der Waals surface area (Å²) in [7, 11) is 1.62. The van der Waals surface area contributed by atoms with Crippen molar-refractivity contribution in [3.8, 4) is 5.75 Å². The number of methoxy groups -OCH3 is 1. The van der Waals surface area contributed by atoms with Crippen LogP contribution in [0.2, 0.25) is 10.0 Å². The van der Waals surface area contributed by atoms with Crippen LogP contribution < -0.4 is 10.1 Å². The summed E-state index contributed by atoms with van der Waals surface area (Å²) in [4.78, 5) is 13.0. The van der Waals surface area contributed by atoms with Crippen LogP contribution in [0.5, 0.6) is 5.75 Å². The maximum atomic E-state index is 13.0. The summed E-state index contributed by atoms with van der Waals surface area (Å²) in [5.74, 6) is 0.693. The van der Waals surface area contributed by atoms with Crippen molar-refractivity contribution in [3.05, 3.63) is 58.1 Å². The minimum atomic E-state index is -0.554. The largest absolute Gasteiger partial charge is 0.496 e. The summed E-state index contributed by atoms with van der Waals surface area (Å²) in [6.45, 7) is 0. The van der Waals surface area contributed by atoms with Gasteiger partial charge in [0.05, 0.1) is 12.5 Å². The lowest BCUT2D eigenvalue weighted by Crippen LogP contribution is -2.46. The van der Waals surface area contributed by atoms with Gasteiger partial charge in [0.1, 0.15) is 5.75 Å². The van der Waals surface area contributed by atoms with Gasteiger partial charge in [-0.15, -0.1) is 0 Å². The number of benzene rings is 2. The molecule has 1 amide bonds. The van der Waals surface area contributed by atoms with E-state index in [0.717, 1.165) is 30.6 Å². The van der Waals surface area contributed by atoms with Crippen LogP contribution in [-0.4, -0.2) is 13.0 Å². The van der Waals surface area contributed by atoms with Crippen molar-refractivity contribution in [3.63, 3.8) is 0 Å². The Labute approximate surface area is 145 Å². The molecule has 1 fully saturated rings. The van der Waals surface area contributed by atoms with E-state index < -0.39 is 5.41 Å². The molecule has 0 aromatic heterocycles. The van der Waals surface area contributed by atoms with Crippen LogP contribution in [-0.2, 0) is 10.2 Å². The van der Waals surface area contributed by atoms with Crippen LogP contribution in [0.15, 0.2) is 42.5 Å². The van der Waals surface area contributed by atoms with Gasteiger partial charge in [-0.05, 0) is 37.1 Å². The quantitative estimate of drug-likeness (QED) is 0.837. The van der Waals surface area contributed by atoms with Gasteiger partial charge in [-0.25, -0.2) is 0 Å². The molecule has 1 aliphatic carbocycles. The van der Waals surface area contributed by atoms with Crippen LogP contribution in [0.4, 0.5) is 5.69 Å². The van der Waals surface area contributed by atoms with Gasteiger partial charge >= 0.3 is 0 Å². The van der Waals surface area contributed by atoms with Crippen molar-refractivity contribution < 1.29 is 9.53 Å². The second-order valence-electron chi connectivity index (χ2n) is 5.75. The third kappa shape index (κ3) is 3.04. The molecular weight excluding hydrogens is 333 g/mol. The number of amides is 1. The van der Waals surface area contributed by atoms with E-state index >= 15 is 0 Å². The molecule has 0 bridgehead atoms. The maximum Gasteiger partial charge on any atom is 0.235 e. The molecule has 2 aromatic carbocycles. The van der Waals surface area contributed by atoms with Crippen LogP contribution in [0, 0.1) is 0 Å². The molecule has 3 nitrogen and oxygen atoms in total. The van der Waals surface area contributed by atoms with E-state index in [1.54, 1.807) is 25.3 Å². The van der Waals surface area contributed by atoms with Gasteiger partial charge in [-0.3, -0.25) is 4.79 Å². The van der Waals surface area contributed by atoms with Gasteiger partial charge in [-0.2, -0.15) is 0 Å². The van der Waals surface area contributed by atoms with E-state index in [4.69, 9.17) is 27.9 Å². The van der Waals surface area contributed by atoms with Gasteiger partial charge in [0.25, 0.3) is 0 Å². The Morgan fingerprint density at radius 3 is 2.35 bits per heavy atom. The minimum absolute atomic E-state index is 0.0495. The lowest BCUT2D eigenvalue weighted by atomic mass is 9.63. The molecule has 3 rings (SSSR count). The molecule has 0 spiro atoms. The van der Waals surface area contributed by atoms with Gasteiger partial charge in [0, 0.05) is 21.3 Å². The molecule has 120 valence electrons. The highest BCUT2D eigenvalue weighted by molar-refractivity contribution is 6.35. The summed E-state index contributed by atoms with van der Waals surface area (Å²) in [6, 6.07) is 12.7. The highest BCUT2D eigenvalue weighted by Crippen LogP contribution is 2.47. The van der Waals surface area contributed by atoms with E-state index in [0.29, 0.717) is 15.7 Å². The zero-order valence-electron chi connectivity index (χ0n) is 12.7. The molecule has 0 unspecified atom stereocenters. The summed E-state index contributed by atoms with van der Waals surface area (Å²) in [5.41, 5.74) is 0.981. The Morgan fingerprint density at radius 2 is 1.78 bits per heavy atom. The van der Waals surface area contributed by atoms with Crippen LogP contribution in [0.25, 0.3) is 0 Å². The van der Waals surface area contributed by atoms with Crippen molar-refractivity contribution in [1.82, 2.24) is 0 Å². The lowest BCUT2D eigenvalue weighted by molar-refractivity contribution is -0.124. The average molecular weight is 350 g/mol. The van der Waals surface area contributed by atoms with Crippen molar-refractivity contribution in [2.45, 2.75) is 24.7 Å². The topological polar surface area (TPSA) is 38.3 Å². The second-order valence-corrected chi connectivity index (χ2v) is 6.62. The van der Waals surface area contributed by atoms with Crippen molar-refractivity contribution in [2.24, 2.45) is 0 Å². The number of para-hydroxylation sites is 1. The van der Waals surface area contributed by atoms with Gasteiger partial charge in [0.15, 0.2) is 0 Å². The van der Waals surface area contributed by atoms with Gasteiger partial charge in [-0.1, -0.05) is 47.8 Å². The predicted molar refractivity (Wildman–Crippen MR) is 93.6 cm³/mol. The third-order valence-corrected chi connectivity index (χ3v) is 4.82. The smallest absolute Gasteiger partial charge is 0.235 e. The number of rotatable bonds is 4. The SMILES string of the molecule is COc1ccccc1C1(C(=O)Nc2cc(Cl)cc(Cl)c2)CCC1. The molecule has 0 radical (unpaired) electrons. The fourth-order valence-corrected chi connectivity index (χ4v) is 3.59.